The zero-order valence-corrected chi connectivity index (χ0v) is 33.0. The molecular weight excluding hydrogens is 685 g/mol. The van der Waals surface area contributed by atoms with Crippen LogP contribution in [-0.4, -0.2) is 33.0 Å². The lowest BCUT2D eigenvalue weighted by atomic mass is 9.58. The van der Waals surface area contributed by atoms with Gasteiger partial charge in [0.2, 0.25) is 0 Å². The van der Waals surface area contributed by atoms with Crippen molar-refractivity contribution in [2.45, 2.75) is 65.2 Å². The highest BCUT2D eigenvalue weighted by Gasteiger charge is 2.40. The second-order valence-electron chi connectivity index (χ2n) is 16.9. The molecule has 0 fully saturated rings. The molecule has 5 heterocycles. The van der Waals surface area contributed by atoms with Gasteiger partial charge >= 0.3 is 6.98 Å². The molecular formula is C49H46BN5O. The fraction of sp³-hybridized carbons (Fsp3) is 0.224. The van der Waals surface area contributed by atoms with E-state index in [-0.39, 0.29) is 12.4 Å². The van der Waals surface area contributed by atoms with Crippen molar-refractivity contribution < 1.29 is 4.74 Å². The smallest absolute Gasteiger partial charge is 0.417 e. The lowest BCUT2D eigenvalue weighted by molar-refractivity contribution is 0.483. The molecule has 0 spiro atoms. The number of aryl methyl sites for hydroxylation is 2. The highest BCUT2D eigenvalue weighted by Crippen LogP contribution is 2.43. The van der Waals surface area contributed by atoms with Crippen molar-refractivity contribution >= 4 is 39.9 Å². The van der Waals surface area contributed by atoms with Crippen LogP contribution in [0.4, 0.5) is 5.69 Å². The minimum absolute atomic E-state index is 0.000285. The molecule has 0 atom stereocenters. The van der Waals surface area contributed by atoms with E-state index < -0.39 is 0 Å². The molecule has 56 heavy (non-hydrogen) atoms. The first kappa shape index (κ1) is 34.4. The fourth-order valence-electron chi connectivity index (χ4n) is 9.23. The van der Waals surface area contributed by atoms with Crippen LogP contribution in [0.2, 0.25) is 0 Å². The van der Waals surface area contributed by atoms with Gasteiger partial charge in [0.1, 0.15) is 23.1 Å². The van der Waals surface area contributed by atoms with Gasteiger partial charge < -0.3 is 14.0 Å². The Bertz CT molecular complexity index is 2820. The van der Waals surface area contributed by atoms with Crippen LogP contribution in [0.5, 0.6) is 11.5 Å². The van der Waals surface area contributed by atoms with Gasteiger partial charge in [-0.25, -0.2) is 9.97 Å². The molecule has 0 bridgehead atoms. The maximum atomic E-state index is 6.80. The Labute approximate surface area is 329 Å². The zero-order chi connectivity index (χ0) is 38.3. The Morgan fingerprint density at radius 1 is 0.714 bits per heavy atom. The second-order valence-corrected chi connectivity index (χ2v) is 16.9. The van der Waals surface area contributed by atoms with E-state index in [2.05, 4.69) is 177 Å². The first-order valence-electron chi connectivity index (χ1n) is 20.0. The normalized spacial score (nSPS) is 13.8. The second kappa shape index (κ2) is 13.0. The molecule has 5 aromatic carbocycles. The van der Waals surface area contributed by atoms with Crippen LogP contribution in [0.25, 0.3) is 50.3 Å². The van der Waals surface area contributed by atoms with Crippen molar-refractivity contribution in [2.24, 2.45) is 0 Å². The van der Waals surface area contributed by atoms with Gasteiger partial charge in [0, 0.05) is 39.8 Å². The predicted octanol–water partition coefficient (Wildman–Crippen LogP) is 11.1. The average Bonchev–Trinajstić information content (AvgIpc) is 3.78. The Balaban J connectivity index is 1.11. The van der Waals surface area contributed by atoms with Crippen molar-refractivity contribution in [2.75, 3.05) is 11.9 Å². The Hall–Kier alpha value is -6.08. The Kier molecular flexibility index (Phi) is 8.00. The van der Waals surface area contributed by atoms with Crippen LogP contribution >= 0.6 is 0 Å². The molecule has 10 rings (SSSR count). The van der Waals surface area contributed by atoms with Crippen LogP contribution < -0.4 is 15.0 Å². The molecule has 0 saturated carbocycles. The monoisotopic (exact) mass is 731 g/mol. The third-order valence-electron chi connectivity index (χ3n) is 12.0. The number of nitrogens with zero attached hydrogens (tertiary/aromatic N) is 5. The number of ether oxygens (including phenoxy) is 1. The number of para-hydroxylation sites is 1. The summed E-state index contributed by atoms with van der Waals surface area (Å²) in [4.78, 5) is 12.6. The summed E-state index contributed by atoms with van der Waals surface area (Å²) in [7, 11) is 2.24. The lowest BCUT2D eigenvalue weighted by Gasteiger charge is -2.38. The molecule has 2 aliphatic rings. The first-order valence-corrected chi connectivity index (χ1v) is 20.0. The molecule has 7 heteroatoms. The van der Waals surface area contributed by atoms with Crippen molar-refractivity contribution in [3.8, 4) is 40.0 Å². The molecule has 0 radical (unpaired) electrons. The van der Waals surface area contributed by atoms with Gasteiger partial charge in [0.15, 0.2) is 0 Å². The van der Waals surface area contributed by atoms with Crippen molar-refractivity contribution in [3.05, 3.63) is 150 Å². The van der Waals surface area contributed by atoms with Crippen LogP contribution in [0.3, 0.4) is 0 Å². The van der Waals surface area contributed by atoms with Gasteiger partial charge in [-0.3, -0.25) is 4.57 Å². The van der Waals surface area contributed by atoms with Crippen LogP contribution in [0, 0.1) is 0 Å². The lowest BCUT2D eigenvalue weighted by Crippen LogP contribution is -2.57. The van der Waals surface area contributed by atoms with Gasteiger partial charge in [-0.15, -0.1) is 0 Å². The van der Waals surface area contributed by atoms with Crippen LogP contribution in [0.1, 0.15) is 69.2 Å². The van der Waals surface area contributed by atoms with E-state index in [1.165, 1.54) is 38.7 Å². The van der Waals surface area contributed by atoms with E-state index >= 15 is 0 Å². The van der Waals surface area contributed by atoms with Crippen LogP contribution in [-0.2, 0) is 18.3 Å². The SMILES string of the molecule is CC(C)c1cccc2c1B1N(C)c3ccc(Oc4ccc5c6ccccc6n(-c6cc(C(C)(C)C)ccn6)c5c4)cc3-c3ncc(n31)-c1ccccc1CCC2. The van der Waals surface area contributed by atoms with Crippen LogP contribution in [0.15, 0.2) is 128 Å². The number of pyridine rings is 1. The number of fused-ring (bicyclic) bond motifs is 9. The number of aromatic nitrogens is 4. The Morgan fingerprint density at radius 2 is 1.46 bits per heavy atom. The van der Waals surface area contributed by atoms with E-state index in [4.69, 9.17) is 14.7 Å². The van der Waals surface area contributed by atoms with Gasteiger partial charge in [0.05, 0.1) is 22.9 Å². The van der Waals surface area contributed by atoms with Crippen molar-refractivity contribution in [3.63, 3.8) is 0 Å². The van der Waals surface area contributed by atoms with E-state index in [0.717, 1.165) is 75.8 Å². The number of anilines is 1. The summed E-state index contributed by atoms with van der Waals surface area (Å²) in [5, 5.41) is 2.35. The van der Waals surface area contributed by atoms with Gasteiger partial charge in [-0.2, -0.15) is 0 Å². The molecule has 276 valence electrons. The third kappa shape index (κ3) is 5.47. The number of imidazole rings is 1. The zero-order valence-electron chi connectivity index (χ0n) is 33.0. The quantitative estimate of drug-likeness (QED) is 0.169. The van der Waals surface area contributed by atoms with Gasteiger partial charge in [-0.1, -0.05) is 95.3 Å². The molecule has 0 unspecified atom stereocenters. The minimum Gasteiger partial charge on any atom is -0.457 e. The topological polar surface area (TPSA) is 48.1 Å². The third-order valence-corrected chi connectivity index (χ3v) is 12.0. The average molecular weight is 732 g/mol. The fourth-order valence-corrected chi connectivity index (χ4v) is 9.23. The molecule has 8 aromatic rings. The molecule has 2 aliphatic heterocycles. The van der Waals surface area contributed by atoms with Gasteiger partial charge in [0.25, 0.3) is 0 Å². The summed E-state index contributed by atoms with van der Waals surface area (Å²) in [5.41, 5.74) is 13.6. The minimum atomic E-state index is -0.0451. The molecule has 3 aromatic heterocycles. The first-order chi connectivity index (χ1) is 27.2. The highest BCUT2D eigenvalue weighted by atomic mass is 16.5. The standard InChI is InChI=1S/C49H46BN5O/c1-31(2)37-19-12-16-33-15-11-14-32-13-7-8-17-38(32)45-30-52-48-41-28-35(22-24-42(41)53(6)50(47(33)37)55(45)48)56-36-21-23-40-39-18-9-10-20-43(39)54(44(40)29-36)46-27-34(25-26-51-46)49(3,4)5/h7-10,12-13,16-31H,11,14-15H2,1-6H3. The van der Waals surface area contributed by atoms with E-state index in [9.17, 15) is 0 Å². The molecule has 6 nitrogen and oxygen atoms in total. The summed E-state index contributed by atoms with van der Waals surface area (Å²) >= 11 is 0. The van der Waals surface area contributed by atoms with E-state index in [0.29, 0.717) is 5.92 Å². The molecule has 0 amide bonds. The summed E-state index contributed by atoms with van der Waals surface area (Å²) in [6.45, 7) is 11.3. The summed E-state index contributed by atoms with van der Waals surface area (Å²) in [6, 6.07) is 41.6. The number of benzene rings is 5. The largest absolute Gasteiger partial charge is 0.457 e. The number of hydrogen-bond acceptors (Lipinski definition) is 4. The maximum Gasteiger partial charge on any atom is 0.417 e. The van der Waals surface area contributed by atoms with Crippen molar-refractivity contribution in [1.82, 2.24) is 19.0 Å². The van der Waals surface area contributed by atoms with E-state index in [1.807, 2.05) is 6.20 Å². The summed E-state index contributed by atoms with van der Waals surface area (Å²) in [6.07, 6.45) is 7.18. The molecule has 0 N–H and O–H groups in total. The summed E-state index contributed by atoms with van der Waals surface area (Å²) in [5.74, 6) is 3.79. The Morgan fingerprint density at radius 3 is 2.32 bits per heavy atom. The number of rotatable bonds is 4. The predicted molar refractivity (Wildman–Crippen MR) is 232 cm³/mol. The van der Waals surface area contributed by atoms with Crippen molar-refractivity contribution in [1.29, 1.82) is 0 Å². The maximum absolute atomic E-state index is 6.80. The molecule has 0 saturated heterocycles. The van der Waals surface area contributed by atoms with E-state index in [1.54, 1.807) is 0 Å². The highest BCUT2D eigenvalue weighted by molar-refractivity contribution is 6.77. The summed E-state index contributed by atoms with van der Waals surface area (Å²) < 4.78 is 11.6. The molecule has 0 aliphatic carbocycles. The number of hydrogen-bond donors (Lipinski definition) is 0. The van der Waals surface area contributed by atoms with Gasteiger partial charge in [-0.05, 0) is 114 Å².